The van der Waals surface area contributed by atoms with E-state index in [1.165, 1.54) is 0 Å². The van der Waals surface area contributed by atoms with E-state index in [2.05, 4.69) is 21.2 Å². The number of anilines is 1. The van der Waals surface area contributed by atoms with Crippen LogP contribution in [0.1, 0.15) is 26.7 Å². The lowest BCUT2D eigenvalue weighted by Gasteiger charge is -2.29. The molecule has 1 aliphatic rings. The molecular formula is C15H21BrN2O3. The summed E-state index contributed by atoms with van der Waals surface area (Å²) in [5.74, 6) is 1.26. The van der Waals surface area contributed by atoms with Gasteiger partial charge in [0, 0.05) is 23.2 Å². The number of ether oxygens (including phenoxy) is 2. The van der Waals surface area contributed by atoms with Gasteiger partial charge in [0.25, 0.3) is 0 Å². The molecule has 0 saturated carbocycles. The lowest BCUT2D eigenvalue weighted by atomic mass is 9.81. The van der Waals surface area contributed by atoms with Crippen LogP contribution in [0.15, 0.2) is 16.6 Å². The van der Waals surface area contributed by atoms with Crippen LogP contribution in [0.2, 0.25) is 0 Å². The molecule has 0 aliphatic carbocycles. The van der Waals surface area contributed by atoms with Crippen molar-refractivity contribution in [2.45, 2.75) is 26.7 Å². The molecule has 21 heavy (non-hydrogen) atoms. The maximum absolute atomic E-state index is 12.6. The third kappa shape index (κ3) is 3.16. The molecule has 0 unspecified atom stereocenters. The van der Waals surface area contributed by atoms with Crippen LogP contribution >= 0.6 is 15.9 Å². The first kappa shape index (κ1) is 16.1. The molecule has 5 nitrogen and oxygen atoms in total. The van der Waals surface area contributed by atoms with Crippen LogP contribution in [0.25, 0.3) is 0 Å². The number of hydrogen-bond donors (Lipinski definition) is 2. The first-order chi connectivity index (χ1) is 10.1. The summed E-state index contributed by atoms with van der Waals surface area (Å²) >= 11 is 3.45. The van der Waals surface area contributed by atoms with Crippen LogP contribution in [-0.4, -0.2) is 25.7 Å². The Morgan fingerprint density at radius 3 is 2.38 bits per heavy atom. The van der Waals surface area contributed by atoms with Gasteiger partial charge in [0.05, 0.1) is 11.1 Å². The Morgan fingerprint density at radius 2 is 1.86 bits per heavy atom. The molecule has 0 spiro atoms. The molecule has 1 aromatic rings. The van der Waals surface area contributed by atoms with Gasteiger partial charge in [-0.25, -0.2) is 0 Å². The predicted molar refractivity (Wildman–Crippen MR) is 85.8 cm³/mol. The minimum Gasteiger partial charge on any atom is -0.486 e. The summed E-state index contributed by atoms with van der Waals surface area (Å²) in [6.45, 7) is 5.34. The first-order valence-electron chi connectivity index (χ1n) is 7.17. The molecule has 0 radical (unpaired) electrons. The van der Waals surface area contributed by atoms with Gasteiger partial charge in [0.2, 0.25) is 5.91 Å². The van der Waals surface area contributed by atoms with Crippen molar-refractivity contribution in [3.63, 3.8) is 0 Å². The zero-order valence-electron chi connectivity index (χ0n) is 12.4. The van der Waals surface area contributed by atoms with E-state index >= 15 is 0 Å². The molecule has 0 aromatic heterocycles. The van der Waals surface area contributed by atoms with Crippen molar-refractivity contribution in [2.24, 2.45) is 11.1 Å². The molecule has 0 saturated heterocycles. The number of halogens is 1. The van der Waals surface area contributed by atoms with Gasteiger partial charge in [-0.1, -0.05) is 13.8 Å². The van der Waals surface area contributed by atoms with E-state index in [0.717, 1.165) is 4.47 Å². The van der Waals surface area contributed by atoms with E-state index < -0.39 is 5.41 Å². The zero-order valence-corrected chi connectivity index (χ0v) is 14.0. The molecule has 0 bridgehead atoms. The fourth-order valence-electron chi connectivity index (χ4n) is 2.37. The number of carbonyl (C=O) groups is 1. The minimum atomic E-state index is -0.535. The van der Waals surface area contributed by atoms with Gasteiger partial charge < -0.3 is 20.5 Å². The summed E-state index contributed by atoms with van der Waals surface area (Å²) in [6, 6.07) is 3.59. The topological polar surface area (TPSA) is 73.6 Å². The summed E-state index contributed by atoms with van der Waals surface area (Å²) in [5, 5.41) is 2.95. The number of benzene rings is 1. The van der Waals surface area contributed by atoms with E-state index in [-0.39, 0.29) is 5.91 Å². The molecule has 1 aliphatic heterocycles. The van der Waals surface area contributed by atoms with Gasteiger partial charge in [0.15, 0.2) is 11.5 Å². The Labute approximate surface area is 133 Å². The summed E-state index contributed by atoms with van der Waals surface area (Å²) in [4.78, 5) is 12.6. The smallest absolute Gasteiger partial charge is 0.231 e. The van der Waals surface area contributed by atoms with E-state index in [1.54, 1.807) is 6.07 Å². The summed E-state index contributed by atoms with van der Waals surface area (Å²) < 4.78 is 11.8. The molecule has 1 amide bonds. The van der Waals surface area contributed by atoms with Gasteiger partial charge in [-0.2, -0.15) is 0 Å². The van der Waals surface area contributed by atoms with Gasteiger partial charge in [0.1, 0.15) is 13.2 Å². The quantitative estimate of drug-likeness (QED) is 0.850. The molecule has 0 fully saturated rings. The average Bonchev–Trinajstić information content (AvgIpc) is 2.50. The minimum absolute atomic E-state index is 0.0626. The fraction of sp³-hybridized carbons (Fsp3) is 0.533. The van der Waals surface area contributed by atoms with Crippen LogP contribution in [0.4, 0.5) is 5.69 Å². The molecule has 116 valence electrons. The Kier molecular flexibility index (Phi) is 5.11. The largest absolute Gasteiger partial charge is 0.486 e. The Morgan fingerprint density at radius 1 is 1.29 bits per heavy atom. The maximum atomic E-state index is 12.6. The summed E-state index contributed by atoms with van der Waals surface area (Å²) in [6.07, 6.45) is 1.40. The van der Waals surface area contributed by atoms with Gasteiger partial charge in [-0.15, -0.1) is 0 Å². The lowest BCUT2D eigenvalue weighted by Crippen LogP contribution is -2.41. The van der Waals surface area contributed by atoms with Gasteiger partial charge in [-0.3, -0.25) is 4.79 Å². The Balaban J connectivity index is 2.25. The second kappa shape index (κ2) is 6.66. The van der Waals surface area contributed by atoms with Crippen molar-refractivity contribution in [1.82, 2.24) is 0 Å². The van der Waals surface area contributed by atoms with Crippen LogP contribution in [0.5, 0.6) is 11.5 Å². The van der Waals surface area contributed by atoms with E-state index in [1.807, 2.05) is 19.9 Å². The van der Waals surface area contributed by atoms with Crippen molar-refractivity contribution < 1.29 is 14.3 Å². The Bertz CT molecular complexity index is 522. The number of fused-ring (bicyclic) bond motifs is 1. The third-order valence-corrected chi connectivity index (χ3v) is 4.76. The molecule has 0 atom stereocenters. The molecule has 6 heteroatoms. The van der Waals surface area contributed by atoms with Crippen LogP contribution in [0, 0.1) is 5.41 Å². The van der Waals surface area contributed by atoms with Crippen molar-refractivity contribution in [2.75, 3.05) is 25.1 Å². The first-order valence-corrected chi connectivity index (χ1v) is 7.96. The monoisotopic (exact) mass is 356 g/mol. The highest BCUT2D eigenvalue weighted by atomic mass is 79.9. The maximum Gasteiger partial charge on any atom is 0.231 e. The second-order valence-electron chi connectivity index (χ2n) is 5.12. The van der Waals surface area contributed by atoms with Gasteiger partial charge >= 0.3 is 0 Å². The molecular weight excluding hydrogens is 336 g/mol. The number of amides is 1. The standard InChI is InChI=1S/C15H21BrN2O3/c1-3-15(4-2,9-17)14(19)18-11-8-13-12(7-10(11)16)20-5-6-21-13/h7-8H,3-6,9,17H2,1-2H3,(H,18,19). The van der Waals surface area contributed by atoms with Crippen LogP contribution < -0.4 is 20.5 Å². The van der Waals surface area contributed by atoms with Crippen molar-refractivity contribution >= 4 is 27.5 Å². The number of hydrogen-bond acceptors (Lipinski definition) is 4. The highest BCUT2D eigenvalue weighted by Crippen LogP contribution is 2.39. The van der Waals surface area contributed by atoms with Crippen molar-refractivity contribution in [1.29, 1.82) is 0 Å². The van der Waals surface area contributed by atoms with Gasteiger partial charge in [-0.05, 0) is 28.8 Å². The van der Waals surface area contributed by atoms with E-state index in [0.29, 0.717) is 49.8 Å². The second-order valence-corrected chi connectivity index (χ2v) is 5.98. The summed E-state index contributed by atoms with van der Waals surface area (Å²) in [7, 11) is 0. The van der Waals surface area contributed by atoms with Crippen molar-refractivity contribution in [3.05, 3.63) is 16.6 Å². The number of rotatable bonds is 5. The molecule has 1 aromatic carbocycles. The average molecular weight is 357 g/mol. The predicted octanol–water partition coefficient (Wildman–Crippen LogP) is 2.92. The summed E-state index contributed by atoms with van der Waals surface area (Å²) in [5.41, 5.74) is 5.95. The van der Waals surface area contributed by atoms with Crippen molar-refractivity contribution in [3.8, 4) is 11.5 Å². The molecule has 1 heterocycles. The zero-order chi connectivity index (χ0) is 15.5. The molecule has 3 N–H and O–H groups in total. The lowest BCUT2D eigenvalue weighted by molar-refractivity contribution is -0.125. The fourth-order valence-corrected chi connectivity index (χ4v) is 2.79. The Hall–Kier alpha value is -1.27. The number of nitrogens with one attached hydrogen (secondary N) is 1. The molecule has 2 rings (SSSR count). The van der Waals surface area contributed by atoms with Crippen LogP contribution in [0.3, 0.4) is 0 Å². The SMILES string of the molecule is CCC(CC)(CN)C(=O)Nc1cc2c(cc1Br)OCCO2. The van der Waals surface area contributed by atoms with E-state index in [9.17, 15) is 4.79 Å². The number of carbonyl (C=O) groups excluding carboxylic acids is 1. The number of nitrogens with two attached hydrogens (primary N) is 1. The highest BCUT2D eigenvalue weighted by molar-refractivity contribution is 9.10. The third-order valence-electron chi connectivity index (χ3n) is 4.11. The normalized spacial score (nSPS) is 13.9. The van der Waals surface area contributed by atoms with E-state index in [4.69, 9.17) is 15.2 Å². The highest BCUT2D eigenvalue weighted by Gasteiger charge is 2.33. The van der Waals surface area contributed by atoms with Crippen LogP contribution in [-0.2, 0) is 4.79 Å².